The van der Waals surface area contributed by atoms with Gasteiger partial charge in [-0.15, -0.1) is 0 Å². The highest BCUT2D eigenvalue weighted by Crippen LogP contribution is 2.40. The molecule has 3 atom stereocenters. The van der Waals surface area contributed by atoms with E-state index in [0.29, 0.717) is 5.56 Å². The lowest BCUT2D eigenvalue weighted by Crippen LogP contribution is -2.26. The second-order valence-corrected chi connectivity index (χ2v) is 6.87. The number of halogens is 1. The van der Waals surface area contributed by atoms with Crippen LogP contribution >= 0.6 is 11.6 Å². The Morgan fingerprint density at radius 2 is 1.93 bits per heavy atom. The maximum absolute atomic E-state index is 12.7. The maximum atomic E-state index is 12.7. The third kappa shape index (κ3) is 4.43. The third-order valence-corrected chi connectivity index (χ3v) is 4.72. The zero-order chi connectivity index (χ0) is 19.6. The Balaban J connectivity index is 1.81. The first-order valence-corrected chi connectivity index (χ1v) is 8.75. The normalized spacial score (nSPS) is 19.0. The zero-order valence-electron chi connectivity index (χ0n) is 14.4. The number of hydrogen-bond acceptors (Lipinski definition) is 5. The number of nitro groups is 1. The Labute approximate surface area is 160 Å². The summed E-state index contributed by atoms with van der Waals surface area (Å²) in [7, 11) is 0. The summed E-state index contributed by atoms with van der Waals surface area (Å²) in [6.45, 7) is 1.94. The van der Waals surface area contributed by atoms with Crippen LogP contribution in [0.25, 0.3) is 0 Å². The van der Waals surface area contributed by atoms with E-state index in [2.05, 4.69) is 5.32 Å². The van der Waals surface area contributed by atoms with Gasteiger partial charge in [0, 0.05) is 17.3 Å². The van der Waals surface area contributed by atoms with Crippen molar-refractivity contribution >= 4 is 34.9 Å². The number of benzene rings is 2. The van der Waals surface area contributed by atoms with E-state index in [9.17, 15) is 19.7 Å². The molecule has 0 unspecified atom stereocenters. The molecule has 0 saturated heterocycles. The molecule has 0 spiro atoms. The second kappa shape index (κ2) is 7.75. The molecule has 8 heteroatoms. The first kappa shape index (κ1) is 18.8. The predicted molar refractivity (Wildman–Crippen MR) is 99.3 cm³/mol. The third-order valence-electron chi connectivity index (χ3n) is 4.40. The van der Waals surface area contributed by atoms with Crippen LogP contribution in [0.1, 0.15) is 25.0 Å². The molecule has 2 aromatic rings. The van der Waals surface area contributed by atoms with Crippen molar-refractivity contribution in [3.05, 3.63) is 69.2 Å². The average molecular weight is 389 g/mol. The molecule has 140 valence electrons. The Hall–Kier alpha value is -2.93. The molecular formula is C19H17ClN2O5. The van der Waals surface area contributed by atoms with Crippen molar-refractivity contribution in [1.82, 2.24) is 0 Å². The van der Waals surface area contributed by atoms with Crippen LogP contribution in [0.3, 0.4) is 0 Å². The van der Waals surface area contributed by atoms with Gasteiger partial charge in [0.15, 0.2) is 0 Å². The smallest absolute Gasteiger partial charge is 0.310 e. The molecule has 2 aromatic carbocycles. The largest absolute Gasteiger partial charge is 0.447 e. The summed E-state index contributed by atoms with van der Waals surface area (Å²) in [6.07, 6.45) is -0.410. The van der Waals surface area contributed by atoms with E-state index in [-0.39, 0.29) is 28.2 Å². The minimum atomic E-state index is -1.15. The predicted octanol–water partition coefficient (Wildman–Crippen LogP) is 4.13. The highest BCUT2D eigenvalue weighted by molar-refractivity contribution is 6.32. The van der Waals surface area contributed by atoms with E-state index in [1.54, 1.807) is 30.3 Å². The second-order valence-electron chi connectivity index (χ2n) is 6.46. The van der Waals surface area contributed by atoms with Crippen LogP contribution in [-0.4, -0.2) is 16.8 Å². The molecule has 0 aliphatic heterocycles. The summed E-state index contributed by atoms with van der Waals surface area (Å²) in [5.41, 5.74) is 0.377. The van der Waals surface area contributed by atoms with Crippen LogP contribution < -0.4 is 5.32 Å². The van der Waals surface area contributed by atoms with Crippen molar-refractivity contribution < 1.29 is 19.2 Å². The quantitative estimate of drug-likeness (QED) is 0.455. The van der Waals surface area contributed by atoms with E-state index >= 15 is 0 Å². The van der Waals surface area contributed by atoms with Crippen molar-refractivity contribution in [3.8, 4) is 0 Å². The van der Waals surface area contributed by atoms with Crippen LogP contribution in [0.15, 0.2) is 48.5 Å². The lowest BCUT2D eigenvalue weighted by molar-refractivity contribution is -0.384. The number of carbonyl (C=O) groups is 2. The Kier molecular flexibility index (Phi) is 5.41. The van der Waals surface area contributed by atoms with E-state index in [4.69, 9.17) is 16.3 Å². The maximum Gasteiger partial charge on any atom is 0.310 e. The topological polar surface area (TPSA) is 98.5 Å². The number of rotatable bonds is 6. The molecule has 1 saturated carbocycles. The number of anilines is 1. The SMILES string of the molecule is C[C@@H]1C[C@@H]1C(=O)O[C@@H](C(=O)Nc1ccc(Cl)c([N+](=O)[O-])c1)c1ccccc1. The molecule has 1 N–H and O–H groups in total. The molecule has 7 nitrogen and oxygen atoms in total. The Morgan fingerprint density at radius 1 is 1.26 bits per heavy atom. The van der Waals surface area contributed by atoms with Gasteiger partial charge in [0.25, 0.3) is 11.6 Å². The summed E-state index contributed by atoms with van der Waals surface area (Å²) in [5, 5.41) is 13.5. The monoisotopic (exact) mass is 388 g/mol. The van der Waals surface area contributed by atoms with E-state index in [1.807, 2.05) is 6.92 Å². The Morgan fingerprint density at radius 3 is 2.52 bits per heavy atom. The number of nitrogens with one attached hydrogen (secondary N) is 1. The summed E-state index contributed by atoms with van der Waals surface area (Å²) < 4.78 is 5.46. The number of nitrogens with zero attached hydrogens (tertiary/aromatic N) is 1. The van der Waals surface area contributed by atoms with Crippen LogP contribution in [0.4, 0.5) is 11.4 Å². The highest BCUT2D eigenvalue weighted by Gasteiger charge is 2.42. The molecule has 0 radical (unpaired) electrons. The molecule has 1 aliphatic rings. The van der Waals surface area contributed by atoms with Gasteiger partial charge in [-0.2, -0.15) is 0 Å². The fraction of sp³-hybridized carbons (Fsp3) is 0.263. The number of hydrogen-bond donors (Lipinski definition) is 1. The van der Waals surface area contributed by atoms with E-state index in [1.165, 1.54) is 12.1 Å². The molecule has 1 aliphatic carbocycles. The Bertz CT molecular complexity index is 887. The molecular weight excluding hydrogens is 372 g/mol. The van der Waals surface area contributed by atoms with Gasteiger partial charge < -0.3 is 10.1 Å². The fourth-order valence-electron chi connectivity index (χ4n) is 2.69. The van der Waals surface area contributed by atoms with E-state index < -0.39 is 22.9 Å². The van der Waals surface area contributed by atoms with Crippen molar-refractivity contribution in [2.75, 3.05) is 5.32 Å². The molecule has 0 aromatic heterocycles. The number of nitro benzene ring substituents is 1. The molecule has 3 rings (SSSR count). The van der Waals surface area contributed by atoms with Crippen molar-refractivity contribution in [2.24, 2.45) is 11.8 Å². The summed E-state index contributed by atoms with van der Waals surface area (Å²) in [5.74, 6) is -0.968. The summed E-state index contributed by atoms with van der Waals surface area (Å²) in [6, 6.07) is 12.5. The number of carbonyl (C=O) groups excluding carboxylic acids is 2. The minimum Gasteiger partial charge on any atom is -0.447 e. The van der Waals surface area contributed by atoms with Gasteiger partial charge in [-0.05, 0) is 24.5 Å². The lowest BCUT2D eigenvalue weighted by atomic mass is 10.1. The molecule has 1 amide bonds. The highest BCUT2D eigenvalue weighted by atomic mass is 35.5. The van der Waals surface area contributed by atoms with Gasteiger partial charge in [0.2, 0.25) is 6.10 Å². The average Bonchev–Trinajstić information content (AvgIpc) is 3.38. The summed E-state index contributed by atoms with van der Waals surface area (Å²) in [4.78, 5) is 35.4. The first-order valence-electron chi connectivity index (χ1n) is 8.37. The molecule has 0 heterocycles. The number of ether oxygens (including phenoxy) is 1. The van der Waals surface area contributed by atoms with E-state index in [0.717, 1.165) is 12.5 Å². The van der Waals surface area contributed by atoms with Gasteiger partial charge in [0.1, 0.15) is 5.02 Å². The zero-order valence-corrected chi connectivity index (χ0v) is 15.2. The lowest BCUT2D eigenvalue weighted by Gasteiger charge is -2.18. The van der Waals surface area contributed by atoms with Gasteiger partial charge in [0.05, 0.1) is 10.8 Å². The number of esters is 1. The van der Waals surface area contributed by atoms with Gasteiger partial charge >= 0.3 is 5.97 Å². The fourth-order valence-corrected chi connectivity index (χ4v) is 2.88. The van der Waals surface area contributed by atoms with Crippen LogP contribution in [0.5, 0.6) is 0 Å². The number of amides is 1. The molecule has 27 heavy (non-hydrogen) atoms. The molecule has 0 bridgehead atoms. The molecule has 1 fully saturated rings. The van der Waals surface area contributed by atoms with Crippen molar-refractivity contribution in [3.63, 3.8) is 0 Å². The van der Waals surface area contributed by atoms with Crippen LogP contribution in [-0.2, 0) is 14.3 Å². The van der Waals surface area contributed by atoms with Gasteiger partial charge in [-0.3, -0.25) is 19.7 Å². The van der Waals surface area contributed by atoms with Crippen LogP contribution in [0.2, 0.25) is 5.02 Å². The minimum absolute atomic E-state index is 0.0354. The summed E-state index contributed by atoms with van der Waals surface area (Å²) >= 11 is 5.79. The standard InChI is InChI=1S/C19H17ClN2O5/c1-11-9-14(11)19(24)27-17(12-5-3-2-4-6-12)18(23)21-13-7-8-15(20)16(10-13)22(25)26/h2-8,10-11,14,17H,9H2,1H3,(H,21,23)/t11-,14+,17-/m1/s1. The van der Waals surface area contributed by atoms with Crippen LogP contribution in [0, 0.1) is 22.0 Å². The first-order chi connectivity index (χ1) is 12.9. The van der Waals surface area contributed by atoms with Gasteiger partial charge in [-0.25, -0.2) is 0 Å². The van der Waals surface area contributed by atoms with Crippen molar-refractivity contribution in [1.29, 1.82) is 0 Å². The van der Waals surface area contributed by atoms with Gasteiger partial charge in [-0.1, -0.05) is 48.9 Å². The van der Waals surface area contributed by atoms with Crippen molar-refractivity contribution in [2.45, 2.75) is 19.4 Å².